The van der Waals surface area contributed by atoms with Gasteiger partial charge in [0.05, 0.1) is 47.6 Å². The predicted molar refractivity (Wildman–Crippen MR) is 196 cm³/mol. The maximum atomic E-state index is 14.4. The summed E-state index contributed by atoms with van der Waals surface area (Å²) in [6.07, 6.45) is -6.57. The number of hydrogen-bond donors (Lipinski definition) is 4. The van der Waals surface area contributed by atoms with Gasteiger partial charge in [0.15, 0.2) is 12.6 Å². The zero-order valence-electron chi connectivity index (χ0n) is 34.4. The molecule has 3 aliphatic heterocycles. The molecule has 0 bridgehead atoms. The van der Waals surface area contributed by atoms with Crippen molar-refractivity contribution in [3.05, 3.63) is 0 Å². The third-order valence-corrected chi connectivity index (χ3v) is 13.2. The summed E-state index contributed by atoms with van der Waals surface area (Å²) in [5.74, 6) is -4.02. The Balaban J connectivity index is 1.81. The van der Waals surface area contributed by atoms with Crippen LogP contribution in [-0.2, 0) is 38.0 Å². The summed E-state index contributed by atoms with van der Waals surface area (Å²) in [4.78, 5) is 30.3. The van der Waals surface area contributed by atoms with Gasteiger partial charge in [-0.3, -0.25) is 9.59 Å². The third-order valence-electron chi connectivity index (χ3n) is 13.2. The number of ketones is 1. The topological polar surface area (TPSA) is 174 Å². The molecule has 4 rings (SSSR count). The van der Waals surface area contributed by atoms with Crippen LogP contribution in [0.1, 0.15) is 101 Å². The third kappa shape index (κ3) is 9.65. The quantitative estimate of drug-likeness (QED) is 0.279. The van der Waals surface area contributed by atoms with Gasteiger partial charge >= 0.3 is 5.97 Å². The van der Waals surface area contributed by atoms with E-state index in [0.29, 0.717) is 12.3 Å². The maximum absolute atomic E-state index is 14.4. The molecule has 3 heterocycles. The number of Topliss-reactive ketones (excluding diaryl/α,β-unsaturated/α-hetero) is 1. The molecule has 53 heavy (non-hydrogen) atoms. The first-order chi connectivity index (χ1) is 24.5. The molecule has 0 unspecified atom stereocenters. The number of methoxy groups -OCH3 is 1. The molecule has 1 saturated carbocycles. The van der Waals surface area contributed by atoms with Crippen LogP contribution in [0.4, 0.5) is 0 Å². The Kier molecular flexibility index (Phi) is 14.7. The summed E-state index contributed by atoms with van der Waals surface area (Å²) < 4.78 is 37.9. The van der Waals surface area contributed by atoms with Crippen molar-refractivity contribution in [1.29, 1.82) is 0 Å². The van der Waals surface area contributed by atoms with Gasteiger partial charge in [-0.2, -0.15) is 0 Å². The fraction of sp³-hybridized carbons (Fsp3) is 0.950. The van der Waals surface area contributed by atoms with Crippen LogP contribution in [0, 0.1) is 41.4 Å². The van der Waals surface area contributed by atoms with E-state index in [4.69, 9.17) is 28.4 Å². The number of aliphatic hydroxyl groups excluding tert-OH is 3. The minimum absolute atomic E-state index is 0.0232. The van der Waals surface area contributed by atoms with Crippen molar-refractivity contribution in [3.8, 4) is 0 Å². The SMILES string of the molecule is CO[C@]1(C)C[C@H](O[C@H]2[C@H](C)[C@@H](O[C@@H]3O[C@H](C)C[C@H](N(C)C)[C@H]3O)[C@](C)(O)C[C@@H](C)C(=O)[C@H](C)[C@@H](O)[C@@H](C)[C@@H](C3CC(C)C3)OC(=O)[C@@H]2C)O[C@@H](C)[C@@H]1O. The Labute approximate surface area is 317 Å². The number of rotatable bonds is 7. The van der Waals surface area contributed by atoms with Crippen molar-refractivity contribution in [3.63, 3.8) is 0 Å². The van der Waals surface area contributed by atoms with Gasteiger partial charge in [0.2, 0.25) is 0 Å². The van der Waals surface area contributed by atoms with E-state index in [1.165, 1.54) is 7.11 Å². The lowest BCUT2D eigenvalue weighted by atomic mass is 9.68. The molecule has 0 amide bonds. The molecule has 18 atom stereocenters. The van der Waals surface area contributed by atoms with Gasteiger partial charge in [-0.15, -0.1) is 0 Å². The van der Waals surface area contributed by atoms with Crippen molar-refractivity contribution in [1.82, 2.24) is 4.90 Å². The normalized spacial score (nSPS) is 51.0. The highest BCUT2D eigenvalue weighted by molar-refractivity contribution is 5.83. The van der Waals surface area contributed by atoms with E-state index in [9.17, 15) is 30.0 Å². The molecule has 0 radical (unpaired) electrons. The van der Waals surface area contributed by atoms with Crippen molar-refractivity contribution in [2.75, 3.05) is 21.2 Å². The molecule has 13 heteroatoms. The summed E-state index contributed by atoms with van der Waals surface area (Å²) in [5, 5.41) is 46.6. The van der Waals surface area contributed by atoms with E-state index >= 15 is 0 Å². The fourth-order valence-corrected chi connectivity index (χ4v) is 9.62. The number of esters is 1. The van der Waals surface area contributed by atoms with Gasteiger partial charge in [0, 0.05) is 43.2 Å². The summed E-state index contributed by atoms with van der Waals surface area (Å²) >= 11 is 0. The number of likely N-dealkylation sites (N-methyl/N-ethyl adjacent to an activating group) is 1. The van der Waals surface area contributed by atoms with Gasteiger partial charge in [0.25, 0.3) is 0 Å². The highest BCUT2D eigenvalue weighted by Crippen LogP contribution is 2.43. The van der Waals surface area contributed by atoms with E-state index in [1.54, 1.807) is 41.5 Å². The van der Waals surface area contributed by atoms with Gasteiger partial charge in [0.1, 0.15) is 24.1 Å². The second-order valence-electron chi connectivity index (χ2n) is 18.1. The number of nitrogens with zero attached hydrogens (tertiary/aromatic N) is 1. The van der Waals surface area contributed by atoms with Crippen LogP contribution in [0.3, 0.4) is 0 Å². The molecule has 4 N–H and O–H groups in total. The lowest BCUT2D eigenvalue weighted by molar-refractivity contribution is -0.317. The molecule has 308 valence electrons. The summed E-state index contributed by atoms with van der Waals surface area (Å²) in [6.45, 7) is 17.9. The molecule has 0 aromatic carbocycles. The molecule has 0 aromatic heterocycles. The van der Waals surface area contributed by atoms with Crippen LogP contribution < -0.4 is 0 Å². The smallest absolute Gasteiger partial charge is 0.311 e. The van der Waals surface area contributed by atoms with Crippen LogP contribution >= 0.6 is 0 Å². The van der Waals surface area contributed by atoms with Crippen molar-refractivity contribution < 1.29 is 58.4 Å². The maximum Gasteiger partial charge on any atom is 0.311 e. The lowest BCUT2D eigenvalue weighted by Gasteiger charge is -2.49. The Morgan fingerprint density at radius 1 is 0.811 bits per heavy atom. The monoisotopic (exact) mass is 757 g/mol. The summed E-state index contributed by atoms with van der Waals surface area (Å²) in [5.41, 5.74) is -2.74. The van der Waals surface area contributed by atoms with Crippen LogP contribution in [0.5, 0.6) is 0 Å². The van der Waals surface area contributed by atoms with Gasteiger partial charge in [-0.25, -0.2) is 0 Å². The number of aliphatic hydroxyl groups is 4. The van der Waals surface area contributed by atoms with E-state index in [1.807, 2.05) is 39.8 Å². The molecular formula is C40H71NO12. The second-order valence-corrected chi connectivity index (χ2v) is 18.1. The second kappa shape index (κ2) is 17.5. The fourth-order valence-electron chi connectivity index (χ4n) is 9.62. The zero-order chi connectivity index (χ0) is 39.9. The first-order valence-electron chi connectivity index (χ1n) is 19.9. The summed E-state index contributed by atoms with van der Waals surface area (Å²) in [6, 6.07) is -0.297. The average Bonchev–Trinajstić information content (AvgIpc) is 3.07. The van der Waals surface area contributed by atoms with E-state index in [2.05, 4.69) is 6.92 Å². The molecule has 3 saturated heterocycles. The molecule has 1 aliphatic carbocycles. The van der Waals surface area contributed by atoms with Crippen LogP contribution in [0.15, 0.2) is 0 Å². The van der Waals surface area contributed by atoms with Crippen LogP contribution in [0.25, 0.3) is 0 Å². The average molecular weight is 758 g/mol. The Bertz CT molecular complexity index is 1230. The van der Waals surface area contributed by atoms with Crippen molar-refractivity contribution >= 4 is 11.8 Å². The highest BCUT2D eigenvalue weighted by atomic mass is 16.7. The first kappa shape index (κ1) is 44.5. The van der Waals surface area contributed by atoms with Crippen LogP contribution in [-0.4, -0.2) is 137 Å². The van der Waals surface area contributed by atoms with E-state index in [0.717, 1.165) is 12.8 Å². The number of ether oxygens (including phenoxy) is 6. The van der Waals surface area contributed by atoms with E-state index < -0.39 is 102 Å². The number of hydrogen-bond acceptors (Lipinski definition) is 13. The molecule has 13 nitrogen and oxygen atoms in total. The van der Waals surface area contributed by atoms with Gasteiger partial charge < -0.3 is 53.7 Å². The molecule has 4 fully saturated rings. The largest absolute Gasteiger partial charge is 0.461 e. The first-order valence-corrected chi connectivity index (χ1v) is 19.9. The van der Waals surface area contributed by atoms with Gasteiger partial charge in [-0.1, -0.05) is 34.6 Å². The van der Waals surface area contributed by atoms with Gasteiger partial charge in [-0.05, 0) is 86.2 Å². The number of carbonyl (C=O) groups is 2. The van der Waals surface area contributed by atoms with Crippen LogP contribution in [0.2, 0.25) is 0 Å². The molecule has 0 spiro atoms. The van der Waals surface area contributed by atoms with Crippen molar-refractivity contribution in [2.24, 2.45) is 41.4 Å². The highest BCUT2D eigenvalue weighted by Gasteiger charge is 2.53. The summed E-state index contributed by atoms with van der Waals surface area (Å²) in [7, 11) is 5.26. The minimum Gasteiger partial charge on any atom is -0.461 e. The minimum atomic E-state index is -1.72. The van der Waals surface area contributed by atoms with Crippen molar-refractivity contribution in [2.45, 2.75) is 180 Å². The predicted octanol–water partition coefficient (Wildman–Crippen LogP) is 3.31. The molecular weight excluding hydrogens is 686 g/mol. The number of carbonyl (C=O) groups excluding carboxylic acids is 2. The number of cyclic esters (lactones) is 1. The standard InChI is InChI=1S/C40H71NO12/c1-19-14-27(15-19)34-23(5)31(43)22(4)30(42)20(2)17-39(9,47)36(53-38-32(44)28(41(11)12)16-21(3)49-38)24(6)33(25(7)37(46)52-34)51-29-18-40(10,48-13)35(45)26(8)50-29/h19-29,31-36,38,43-45,47H,14-18H2,1-13H3/t19?,20-,21-,22+,23-,24+,25-,26+,27?,28+,29+,31-,32-,33+,34+,35+,36-,38+,39-,40-/m1/s1. The molecule has 0 aromatic rings. The molecule has 4 aliphatic rings. The lowest BCUT2D eigenvalue weighted by Crippen LogP contribution is -2.60. The van der Waals surface area contributed by atoms with E-state index in [-0.39, 0.29) is 36.7 Å². The Hall–Kier alpha value is -1.26. The Morgan fingerprint density at radius 3 is 2.00 bits per heavy atom. The Morgan fingerprint density at radius 2 is 1.43 bits per heavy atom. The zero-order valence-corrected chi connectivity index (χ0v) is 34.4.